The molecule has 0 radical (unpaired) electrons. The quantitative estimate of drug-likeness (QED) is 0.730. The molecule has 2 N–H and O–H groups in total. The summed E-state index contributed by atoms with van der Waals surface area (Å²) < 4.78 is 5.17. The van der Waals surface area contributed by atoms with Crippen molar-refractivity contribution >= 4 is 23.6 Å². The molecule has 1 aromatic carbocycles. The molecular formula is C18H22N2O6. The Labute approximate surface area is 151 Å². The van der Waals surface area contributed by atoms with Gasteiger partial charge in [-0.25, -0.2) is 4.79 Å². The molecule has 2 heterocycles. The van der Waals surface area contributed by atoms with Crippen LogP contribution in [0.5, 0.6) is 5.75 Å². The van der Waals surface area contributed by atoms with E-state index in [1.807, 2.05) is 0 Å². The van der Waals surface area contributed by atoms with Crippen molar-refractivity contribution in [3.8, 4) is 5.75 Å². The Morgan fingerprint density at radius 1 is 1.27 bits per heavy atom. The van der Waals surface area contributed by atoms with E-state index >= 15 is 0 Å². The number of anilines is 1. The van der Waals surface area contributed by atoms with Crippen molar-refractivity contribution < 1.29 is 29.3 Å². The first kappa shape index (κ1) is 18.2. The van der Waals surface area contributed by atoms with Crippen molar-refractivity contribution in [3.63, 3.8) is 0 Å². The number of carbonyl (C=O) groups is 3. The van der Waals surface area contributed by atoms with Gasteiger partial charge in [-0.1, -0.05) is 0 Å². The lowest BCUT2D eigenvalue weighted by atomic mass is 10.0. The third-order valence-corrected chi connectivity index (χ3v) is 4.36. The second kappa shape index (κ2) is 6.28. The highest BCUT2D eigenvalue weighted by Crippen LogP contribution is 2.37. The summed E-state index contributed by atoms with van der Waals surface area (Å²) in [7, 11) is 0. The van der Waals surface area contributed by atoms with Crippen LogP contribution < -0.4 is 4.90 Å². The number of amides is 3. The molecule has 26 heavy (non-hydrogen) atoms. The van der Waals surface area contributed by atoms with Crippen molar-refractivity contribution in [3.05, 3.63) is 23.8 Å². The lowest BCUT2D eigenvalue weighted by Gasteiger charge is -2.37. The van der Waals surface area contributed by atoms with Crippen LogP contribution in [-0.4, -0.2) is 50.9 Å². The maximum atomic E-state index is 12.9. The molecule has 140 valence electrons. The van der Waals surface area contributed by atoms with Crippen molar-refractivity contribution in [2.75, 3.05) is 4.90 Å². The molecule has 2 aliphatic rings. The normalized spacial score (nSPS) is 23.2. The van der Waals surface area contributed by atoms with E-state index in [4.69, 9.17) is 4.74 Å². The van der Waals surface area contributed by atoms with Gasteiger partial charge in [-0.05, 0) is 51.0 Å². The summed E-state index contributed by atoms with van der Waals surface area (Å²) >= 11 is 0. The predicted octanol–water partition coefficient (Wildman–Crippen LogP) is 1.53. The van der Waals surface area contributed by atoms with E-state index in [1.54, 1.807) is 26.8 Å². The van der Waals surface area contributed by atoms with Crippen LogP contribution >= 0.6 is 0 Å². The smallest absolute Gasteiger partial charge is 0.424 e. The highest BCUT2D eigenvalue weighted by atomic mass is 16.6. The minimum atomic E-state index is -1.00. The van der Waals surface area contributed by atoms with Gasteiger partial charge in [0.1, 0.15) is 23.6 Å². The van der Waals surface area contributed by atoms with Crippen LogP contribution in [0.1, 0.15) is 39.2 Å². The highest BCUT2D eigenvalue weighted by Gasteiger charge is 2.46. The van der Waals surface area contributed by atoms with E-state index in [0.29, 0.717) is 16.2 Å². The fourth-order valence-electron chi connectivity index (χ4n) is 3.34. The molecule has 0 spiro atoms. The lowest BCUT2D eigenvalue weighted by molar-refractivity contribution is -0.148. The molecule has 1 fully saturated rings. The number of phenols is 1. The van der Waals surface area contributed by atoms with Crippen molar-refractivity contribution in [1.82, 2.24) is 4.90 Å². The summed E-state index contributed by atoms with van der Waals surface area (Å²) in [6.07, 6.45) is -1.56. The van der Waals surface area contributed by atoms with Crippen LogP contribution in [-0.2, 0) is 20.7 Å². The van der Waals surface area contributed by atoms with E-state index in [2.05, 4.69) is 0 Å². The highest BCUT2D eigenvalue weighted by molar-refractivity contribution is 6.13. The van der Waals surface area contributed by atoms with Gasteiger partial charge < -0.3 is 19.8 Å². The third-order valence-electron chi connectivity index (χ3n) is 4.36. The number of phenolic OH excluding ortho intramolecular Hbond substituents is 1. The largest absolute Gasteiger partial charge is 0.508 e. The lowest BCUT2D eigenvalue weighted by Crippen LogP contribution is -2.58. The van der Waals surface area contributed by atoms with Gasteiger partial charge in [-0.2, -0.15) is 4.90 Å². The van der Waals surface area contributed by atoms with Crippen LogP contribution in [0.3, 0.4) is 0 Å². The van der Waals surface area contributed by atoms with Crippen molar-refractivity contribution in [1.29, 1.82) is 0 Å². The summed E-state index contributed by atoms with van der Waals surface area (Å²) in [5.41, 5.74) is 0.458. The first-order valence-corrected chi connectivity index (χ1v) is 8.46. The van der Waals surface area contributed by atoms with Crippen molar-refractivity contribution in [2.24, 2.45) is 0 Å². The number of aliphatic hydroxyl groups excluding tert-OH is 1. The zero-order chi connectivity index (χ0) is 19.2. The van der Waals surface area contributed by atoms with Gasteiger partial charge in [0.05, 0.1) is 0 Å². The second-order valence-electron chi connectivity index (χ2n) is 7.51. The number of hydrogen-bond donors (Lipinski definition) is 2. The van der Waals surface area contributed by atoms with Gasteiger partial charge in [0.25, 0.3) is 5.91 Å². The Morgan fingerprint density at radius 3 is 2.62 bits per heavy atom. The summed E-state index contributed by atoms with van der Waals surface area (Å²) in [6, 6.07) is 3.75. The number of rotatable bonds is 1. The molecule has 1 saturated heterocycles. The van der Waals surface area contributed by atoms with E-state index in [0.717, 1.165) is 0 Å². The minimum absolute atomic E-state index is 0.00765. The number of likely N-dealkylation sites (tertiary alicyclic amines) is 1. The molecule has 0 aliphatic carbocycles. The van der Waals surface area contributed by atoms with Gasteiger partial charge >= 0.3 is 6.09 Å². The van der Waals surface area contributed by atoms with Crippen LogP contribution in [0.25, 0.3) is 0 Å². The van der Waals surface area contributed by atoms with E-state index in [1.165, 1.54) is 17.0 Å². The summed E-state index contributed by atoms with van der Waals surface area (Å²) in [6.45, 7) is 4.94. The molecule has 3 amide bonds. The monoisotopic (exact) mass is 362 g/mol. The number of imide groups is 3. The number of hydrogen-bond acceptors (Lipinski definition) is 7. The second-order valence-corrected chi connectivity index (χ2v) is 7.51. The topological polar surface area (TPSA) is 107 Å². The Kier molecular flexibility index (Phi) is 4.39. The number of ether oxygens (including phenoxy) is 1. The summed E-state index contributed by atoms with van der Waals surface area (Å²) in [4.78, 5) is 39.4. The Morgan fingerprint density at radius 2 is 1.96 bits per heavy atom. The molecule has 0 bridgehead atoms. The molecule has 0 aromatic heterocycles. The first-order valence-electron chi connectivity index (χ1n) is 8.46. The Balaban J connectivity index is 1.89. The molecule has 1 aromatic rings. The number of nitrogens with zero attached hydrogens (tertiary/aromatic N) is 2. The SMILES string of the molecule is CC(C)(C)OC(=O)N1C(=O)CCC(N2c3ccc(O)cc3CC2O)C1=O. The third kappa shape index (κ3) is 3.24. The molecule has 8 heteroatoms. The molecule has 2 unspecified atom stereocenters. The fraction of sp³-hybridized carbons (Fsp3) is 0.500. The average molecular weight is 362 g/mol. The molecule has 3 rings (SSSR count). The Hall–Kier alpha value is -2.61. The zero-order valence-electron chi connectivity index (χ0n) is 14.9. The van der Waals surface area contributed by atoms with E-state index in [-0.39, 0.29) is 25.0 Å². The fourth-order valence-corrected chi connectivity index (χ4v) is 3.34. The molecule has 2 atom stereocenters. The Bertz CT molecular complexity index is 769. The molecule has 2 aliphatic heterocycles. The number of aliphatic hydroxyl groups is 1. The zero-order valence-corrected chi connectivity index (χ0v) is 14.9. The number of piperidine rings is 1. The standard InChI is InChI=1S/C18H22N2O6/c1-18(2,3)26-17(25)20-14(22)7-6-13(16(20)24)19-12-5-4-11(21)8-10(12)9-15(19)23/h4-5,8,13,15,21,23H,6-7,9H2,1-3H3. The first-order chi connectivity index (χ1) is 12.1. The summed E-state index contributed by atoms with van der Waals surface area (Å²) in [5, 5.41) is 20.0. The maximum absolute atomic E-state index is 12.9. The maximum Gasteiger partial charge on any atom is 0.424 e. The van der Waals surface area contributed by atoms with E-state index in [9.17, 15) is 24.6 Å². The van der Waals surface area contributed by atoms with Crippen molar-refractivity contribution in [2.45, 2.75) is 57.9 Å². The number of carbonyl (C=O) groups excluding carboxylic acids is 3. The molecular weight excluding hydrogens is 340 g/mol. The van der Waals surface area contributed by atoms with Gasteiger partial charge in [0.15, 0.2) is 0 Å². The van der Waals surface area contributed by atoms with Gasteiger partial charge in [-0.3, -0.25) is 9.59 Å². The van der Waals surface area contributed by atoms with Crippen LogP contribution in [0, 0.1) is 0 Å². The number of fused-ring (bicyclic) bond motifs is 1. The van der Waals surface area contributed by atoms with Crippen LogP contribution in [0.4, 0.5) is 10.5 Å². The van der Waals surface area contributed by atoms with Gasteiger partial charge in [0.2, 0.25) is 5.91 Å². The number of aromatic hydroxyl groups is 1. The predicted molar refractivity (Wildman–Crippen MR) is 91.4 cm³/mol. The van der Waals surface area contributed by atoms with Gasteiger partial charge in [0, 0.05) is 18.5 Å². The van der Waals surface area contributed by atoms with Crippen LogP contribution in [0.15, 0.2) is 18.2 Å². The van der Waals surface area contributed by atoms with Gasteiger partial charge in [-0.15, -0.1) is 0 Å². The molecule has 8 nitrogen and oxygen atoms in total. The number of benzene rings is 1. The summed E-state index contributed by atoms with van der Waals surface area (Å²) in [5.74, 6) is -1.26. The average Bonchev–Trinajstić information content (AvgIpc) is 2.81. The van der Waals surface area contributed by atoms with Crippen LogP contribution in [0.2, 0.25) is 0 Å². The minimum Gasteiger partial charge on any atom is -0.508 e. The molecule has 0 saturated carbocycles. The van der Waals surface area contributed by atoms with E-state index < -0.39 is 35.8 Å².